The van der Waals surface area contributed by atoms with Gasteiger partial charge in [0.15, 0.2) is 0 Å². The molecule has 1 heterocycles. The van der Waals surface area contributed by atoms with Gasteiger partial charge in [0.2, 0.25) is 0 Å². The van der Waals surface area contributed by atoms with Crippen LogP contribution < -0.4 is 4.90 Å². The van der Waals surface area contributed by atoms with Crippen LogP contribution in [0.3, 0.4) is 0 Å². The number of aliphatic hydroxyl groups excluding tert-OH is 1. The Kier molecular flexibility index (Phi) is 3.97. The van der Waals surface area contributed by atoms with Crippen LogP contribution in [0, 0.1) is 11.3 Å². The molecule has 0 aliphatic carbocycles. The summed E-state index contributed by atoms with van der Waals surface area (Å²) < 4.78 is 0. The highest BCUT2D eigenvalue weighted by Crippen LogP contribution is 2.37. The minimum Gasteiger partial charge on any atom is -0.391 e. The van der Waals surface area contributed by atoms with E-state index in [0.29, 0.717) is 22.9 Å². The maximum absolute atomic E-state index is 10.2. The Morgan fingerprint density at radius 2 is 2.21 bits per heavy atom. The van der Waals surface area contributed by atoms with E-state index in [1.165, 1.54) is 6.21 Å². The predicted octanol–water partition coefficient (Wildman–Crippen LogP) is 3.45. The largest absolute Gasteiger partial charge is 0.391 e. The summed E-state index contributed by atoms with van der Waals surface area (Å²) in [6.07, 6.45) is 1.43. The molecule has 0 saturated carbocycles. The van der Waals surface area contributed by atoms with Gasteiger partial charge >= 0.3 is 0 Å². The second-order valence-electron chi connectivity index (χ2n) is 5.29. The minimum atomic E-state index is -0.395. The maximum Gasteiger partial charge on any atom is 0.0804 e. The van der Waals surface area contributed by atoms with E-state index in [1.807, 2.05) is 18.2 Å². The zero-order chi connectivity index (χ0) is 14.2. The maximum atomic E-state index is 10.2. The number of anilines is 1. The Balaban J connectivity index is 2.41. The summed E-state index contributed by atoms with van der Waals surface area (Å²) in [6, 6.07) is 5.60. The summed E-state index contributed by atoms with van der Waals surface area (Å²) in [5.41, 5.74) is 2.53. The normalized spacial score (nSPS) is 23.2. The number of hydrogen-bond donors (Lipinski definition) is 2. The zero-order valence-corrected chi connectivity index (χ0v) is 12.0. The average Bonchev–Trinajstić information content (AvgIpc) is 2.64. The van der Waals surface area contributed by atoms with Gasteiger partial charge in [0.1, 0.15) is 0 Å². The fraction of sp³-hybridized carbons (Fsp3) is 0.400. The third kappa shape index (κ3) is 2.53. The lowest BCUT2D eigenvalue weighted by Gasteiger charge is -2.31. The van der Waals surface area contributed by atoms with E-state index in [9.17, 15) is 5.11 Å². The highest BCUT2D eigenvalue weighted by molar-refractivity contribution is 6.33. The Morgan fingerprint density at radius 3 is 2.74 bits per heavy atom. The van der Waals surface area contributed by atoms with Crippen LogP contribution >= 0.6 is 11.6 Å². The van der Waals surface area contributed by atoms with E-state index in [0.717, 1.165) is 11.4 Å². The minimum absolute atomic E-state index is 0.0226. The molecular formula is C15H19ClN2O. The molecule has 102 valence electrons. The molecule has 0 aromatic heterocycles. The molecule has 0 unspecified atom stereocenters. The molecule has 0 bridgehead atoms. The van der Waals surface area contributed by atoms with Gasteiger partial charge in [-0.1, -0.05) is 32.0 Å². The van der Waals surface area contributed by atoms with Crippen LogP contribution in [0.25, 0.3) is 0 Å². The van der Waals surface area contributed by atoms with Gasteiger partial charge < -0.3 is 15.4 Å². The van der Waals surface area contributed by atoms with Crippen molar-refractivity contribution in [1.29, 1.82) is 5.41 Å². The first-order valence-corrected chi connectivity index (χ1v) is 6.78. The monoisotopic (exact) mass is 278 g/mol. The van der Waals surface area contributed by atoms with Gasteiger partial charge in [-0.15, -0.1) is 0 Å². The van der Waals surface area contributed by atoms with E-state index in [2.05, 4.69) is 25.3 Å². The van der Waals surface area contributed by atoms with Crippen molar-refractivity contribution >= 4 is 23.5 Å². The van der Waals surface area contributed by atoms with Crippen LogP contribution in [-0.2, 0) is 0 Å². The highest BCUT2D eigenvalue weighted by atomic mass is 35.5. The molecule has 19 heavy (non-hydrogen) atoms. The molecular weight excluding hydrogens is 260 g/mol. The van der Waals surface area contributed by atoms with E-state index in [-0.39, 0.29) is 6.04 Å². The van der Waals surface area contributed by atoms with E-state index >= 15 is 0 Å². The van der Waals surface area contributed by atoms with Crippen LogP contribution in [0.15, 0.2) is 30.5 Å². The molecule has 1 saturated heterocycles. The lowest BCUT2D eigenvalue weighted by molar-refractivity contribution is 0.146. The van der Waals surface area contributed by atoms with Gasteiger partial charge in [0.25, 0.3) is 0 Å². The fourth-order valence-electron chi connectivity index (χ4n) is 2.72. The van der Waals surface area contributed by atoms with Crippen molar-refractivity contribution in [2.75, 3.05) is 4.90 Å². The Bertz CT molecular complexity index is 513. The van der Waals surface area contributed by atoms with Gasteiger partial charge in [-0.05, 0) is 24.1 Å². The molecule has 4 heteroatoms. The summed E-state index contributed by atoms with van der Waals surface area (Å²) >= 11 is 6.15. The number of halogens is 1. The lowest BCUT2D eigenvalue weighted by atomic mass is 9.99. The number of nitrogens with zero attached hydrogens (tertiary/aromatic N) is 1. The number of hydrogen-bond acceptors (Lipinski definition) is 3. The van der Waals surface area contributed by atoms with Crippen molar-refractivity contribution in [2.24, 2.45) is 5.92 Å². The molecule has 1 aromatic carbocycles. The van der Waals surface area contributed by atoms with Crippen molar-refractivity contribution in [3.05, 3.63) is 41.1 Å². The van der Waals surface area contributed by atoms with Crippen molar-refractivity contribution in [1.82, 2.24) is 0 Å². The second kappa shape index (κ2) is 5.35. The summed E-state index contributed by atoms with van der Waals surface area (Å²) in [6.45, 7) is 8.23. The molecule has 2 rings (SSSR count). The number of benzene rings is 1. The fourth-order valence-corrected chi connectivity index (χ4v) is 2.95. The van der Waals surface area contributed by atoms with Gasteiger partial charge in [0, 0.05) is 29.6 Å². The molecule has 1 aromatic rings. The lowest BCUT2D eigenvalue weighted by Crippen LogP contribution is -2.38. The molecule has 0 radical (unpaired) electrons. The zero-order valence-electron chi connectivity index (χ0n) is 11.2. The standard InChI is InChI=1S/C15H19ClN2O/c1-9(2)15-14(19)6-10(3)18(15)12-5-4-11(8-17)13(16)7-12/h4-5,7-9,14-15,17,19H,3,6H2,1-2H3/t14-,15-/m0/s1. The average molecular weight is 279 g/mol. The Hall–Kier alpha value is -1.32. The SMILES string of the molecule is C=C1C[C@H](O)[C@H](C(C)C)N1c1ccc(C=N)c(Cl)c1. The number of nitrogens with one attached hydrogen (secondary N) is 1. The first-order valence-electron chi connectivity index (χ1n) is 6.40. The van der Waals surface area contributed by atoms with Crippen molar-refractivity contribution in [2.45, 2.75) is 32.4 Å². The molecule has 0 amide bonds. The van der Waals surface area contributed by atoms with Crippen molar-refractivity contribution in [3.63, 3.8) is 0 Å². The van der Waals surface area contributed by atoms with Crippen LogP contribution in [0.5, 0.6) is 0 Å². The third-order valence-corrected chi connectivity index (χ3v) is 3.91. The van der Waals surface area contributed by atoms with Crippen LogP contribution in [0.4, 0.5) is 5.69 Å². The van der Waals surface area contributed by atoms with Gasteiger partial charge in [-0.3, -0.25) is 0 Å². The van der Waals surface area contributed by atoms with Gasteiger partial charge in [-0.2, -0.15) is 0 Å². The number of rotatable bonds is 3. The molecule has 3 nitrogen and oxygen atoms in total. The topological polar surface area (TPSA) is 47.3 Å². The molecule has 2 N–H and O–H groups in total. The highest BCUT2D eigenvalue weighted by Gasteiger charge is 2.37. The summed E-state index contributed by atoms with van der Waals surface area (Å²) in [5.74, 6) is 0.315. The molecule has 0 spiro atoms. The van der Waals surface area contributed by atoms with Crippen LogP contribution in [-0.4, -0.2) is 23.5 Å². The predicted molar refractivity (Wildman–Crippen MR) is 80.2 cm³/mol. The number of aliphatic hydroxyl groups is 1. The quantitative estimate of drug-likeness (QED) is 0.832. The van der Waals surface area contributed by atoms with Crippen molar-refractivity contribution in [3.8, 4) is 0 Å². The summed E-state index contributed by atoms with van der Waals surface area (Å²) in [4.78, 5) is 2.06. The van der Waals surface area contributed by atoms with Gasteiger partial charge in [-0.25, -0.2) is 0 Å². The van der Waals surface area contributed by atoms with Crippen LogP contribution in [0.1, 0.15) is 25.8 Å². The van der Waals surface area contributed by atoms with Crippen LogP contribution in [0.2, 0.25) is 5.02 Å². The molecule has 1 fully saturated rings. The molecule has 1 aliphatic heterocycles. The van der Waals surface area contributed by atoms with Gasteiger partial charge in [0.05, 0.1) is 17.2 Å². The third-order valence-electron chi connectivity index (χ3n) is 3.58. The smallest absolute Gasteiger partial charge is 0.0804 e. The second-order valence-corrected chi connectivity index (χ2v) is 5.70. The Morgan fingerprint density at radius 1 is 1.53 bits per heavy atom. The van der Waals surface area contributed by atoms with E-state index in [1.54, 1.807) is 0 Å². The summed E-state index contributed by atoms with van der Waals surface area (Å²) in [7, 11) is 0. The van der Waals surface area contributed by atoms with E-state index < -0.39 is 6.10 Å². The van der Waals surface area contributed by atoms with E-state index in [4.69, 9.17) is 17.0 Å². The van der Waals surface area contributed by atoms with Crippen molar-refractivity contribution < 1.29 is 5.11 Å². The molecule has 1 aliphatic rings. The summed E-state index contributed by atoms with van der Waals surface area (Å²) in [5, 5.41) is 18.0. The Labute approximate surface area is 119 Å². The first-order chi connectivity index (χ1) is 8.95. The first kappa shape index (κ1) is 14.1. The molecule has 2 atom stereocenters.